The second-order valence-corrected chi connectivity index (χ2v) is 11.0. The zero-order valence-corrected chi connectivity index (χ0v) is 12.9. The molecule has 22 heavy (non-hydrogen) atoms. The van der Waals surface area contributed by atoms with E-state index in [1.807, 2.05) is 0 Å². The lowest BCUT2D eigenvalue weighted by Crippen LogP contribution is -2.84. The Balaban J connectivity index is 1.06. The molecule has 0 aromatic rings. The summed E-state index contributed by atoms with van der Waals surface area (Å²) < 4.78 is 0. The van der Waals surface area contributed by atoms with Crippen LogP contribution in [0, 0.1) is 82.9 Å². The van der Waals surface area contributed by atoms with Gasteiger partial charge in [0.1, 0.15) is 0 Å². The molecule has 0 spiro atoms. The first-order valence-corrected chi connectivity index (χ1v) is 10.4. The van der Waals surface area contributed by atoms with Crippen molar-refractivity contribution in [1.29, 1.82) is 0 Å². The molecule has 6 saturated carbocycles. The van der Waals surface area contributed by atoms with Gasteiger partial charge in [-0.2, -0.15) is 0 Å². The summed E-state index contributed by atoms with van der Waals surface area (Å²) in [5.41, 5.74) is 8.39. The van der Waals surface area contributed by atoms with Crippen LogP contribution >= 0.6 is 0 Å². The van der Waals surface area contributed by atoms with Crippen molar-refractivity contribution in [3.63, 3.8) is 0 Å². The average molecular weight is 286 g/mol. The van der Waals surface area contributed by atoms with Gasteiger partial charge in [-0.25, -0.2) is 0 Å². The minimum absolute atomic E-state index is 1.13. The Hall–Kier alpha value is -0.520. The normalized spacial score (nSPS) is 79.6. The summed E-state index contributed by atoms with van der Waals surface area (Å²) in [5, 5.41) is 0. The highest BCUT2D eigenvalue weighted by Crippen LogP contribution is 2.92. The lowest BCUT2D eigenvalue weighted by molar-refractivity contribution is -0.299. The molecule has 10 aliphatic carbocycles. The van der Waals surface area contributed by atoms with Crippen LogP contribution in [-0.2, 0) is 0 Å². The van der Waals surface area contributed by atoms with Crippen LogP contribution in [0.5, 0.6) is 0 Å². The number of fused-ring (bicyclic) bond motifs is 23. The van der Waals surface area contributed by atoms with Crippen molar-refractivity contribution in [2.24, 2.45) is 82.9 Å². The van der Waals surface area contributed by atoms with Crippen LogP contribution in [0.2, 0.25) is 0 Å². The molecule has 0 aliphatic heterocycles. The van der Waals surface area contributed by atoms with Crippen LogP contribution in [0.1, 0.15) is 25.7 Å². The van der Waals surface area contributed by atoms with Gasteiger partial charge >= 0.3 is 0 Å². The fourth-order valence-corrected chi connectivity index (χ4v) is 11.1. The van der Waals surface area contributed by atoms with Gasteiger partial charge in [0, 0.05) is 0 Å². The Labute approximate surface area is 131 Å². The van der Waals surface area contributed by atoms with E-state index < -0.39 is 0 Å². The molecule has 14 unspecified atom stereocenters. The molecule has 0 N–H and O–H groups in total. The van der Waals surface area contributed by atoms with E-state index in [9.17, 15) is 0 Å². The summed E-state index contributed by atoms with van der Waals surface area (Å²) in [6, 6.07) is 0. The predicted octanol–water partition coefficient (Wildman–Crippen LogP) is 3.90. The van der Waals surface area contributed by atoms with E-state index in [0.717, 1.165) is 35.5 Å². The van der Waals surface area contributed by atoms with Crippen molar-refractivity contribution < 1.29 is 0 Å². The van der Waals surface area contributed by atoms with Gasteiger partial charge in [0.2, 0.25) is 0 Å². The summed E-state index contributed by atoms with van der Waals surface area (Å²) in [6.45, 7) is 0. The molecule has 0 amide bonds. The van der Waals surface area contributed by atoms with E-state index in [-0.39, 0.29) is 0 Å². The smallest absolute Gasteiger partial charge is 0.00910 e. The molecule has 0 heterocycles. The molecule has 0 aromatic carbocycles. The van der Waals surface area contributed by atoms with Gasteiger partial charge in [-0.1, -0.05) is 22.3 Å². The fraction of sp³-hybridized carbons (Fsp3) is 0.818. The molecular formula is C22H22. The first-order chi connectivity index (χ1) is 11.0. The summed E-state index contributed by atoms with van der Waals surface area (Å²) >= 11 is 0. The SMILES string of the molecule is C1CC2C3=C(C12)C1C3C2C3C4=C(C5C4C4C6CCC6C54)C3C12. The van der Waals surface area contributed by atoms with Crippen molar-refractivity contribution in [3.8, 4) is 0 Å². The maximum atomic E-state index is 2.12. The largest absolute Gasteiger partial charge is 0.0627 e. The van der Waals surface area contributed by atoms with Crippen molar-refractivity contribution in [1.82, 2.24) is 0 Å². The topological polar surface area (TPSA) is 0 Å². The maximum Gasteiger partial charge on any atom is -0.00910 e. The Bertz CT molecular complexity index is 746. The van der Waals surface area contributed by atoms with Gasteiger partial charge in [0.25, 0.3) is 0 Å². The van der Waals surface area contributed by atoms with E-state index in [1.165, 1.54) is 47.3 Å². The van der Waals surface area contributed by atoms with E-state index in [2.05, 4.69) is 22.3 Å². The van der Waals surface area contributed by atoms with Gasteiger partial charge in [-0.05, 0) is 109 Å². The van der Waals surface area contributed by atoms with E-state index in [0.29, 0.717) is 0 Å². The highest BCUT2D eigenvalue weighted by Gasteiger charge is 2.86. The molecular weight excluding hydrogens is 264 g/mol. The number of allylic oxidation sites excluding steroid dienone is 4. The number of hydrogen-bond donors (Lipinski definition) is 0. The summed E-state index contributed by atoms with van der Waals surface area (Å²) in [5.74, 6) is 16.6. The van der Waals surface area contributed by atoms with Gasteiger partial charge in [-0.3, -0.25) is 0 Å². The average Bonchev–Trinajstić information content (AvgIpc) is 2.43. The van der Waals surface area contributed by atoms with Crippen LogP contribution in [0.3, 0.4) is 0 Å². The van der Waals surface area contributed by atoms with Crippen molar-refractivity contribution >= 4 is 0 Å². The minimum atomic E-state index is 1.13. The molecule has 10 aliphatic rings. The Kier molecular flexibility index (Phi) is 1.04. The van der Waals surface area contributed by atoms with Gasteiger partial charge in [0.15, 0.2) is 0 Å². The maximum absolute atomic E-state index is 2.12. The fourth-order valence-electron chi connectivity index (χ4n) is 11.1. The molecule has 0 heteroatoms. The van der Waals surface area contributed by atoms with Gasteiger partial charge in [0.05, 0.1) is 0 Å². The van der Waals surface area contributed by atoms with E-state index >= 15 is 0 Å². The van der Waals surface area contributed by atoms with Crippen molar-refractivity contribution in [3.05, 3.63) is 22.3 Å². The molecule has 110 valence electrons. The van der Waals surface area contributed by atoms with Crippen molar-refractivity contribution in [2.75, 3.05) is 0 Å². The Morgan fingerprint density at radius 1 is 0.409 bits per heavy atom. The minimum Gasteiger partial charge on any atom is -0.0627 e. The first kappa shape index (κ1) is 9.70. The predicted molar refractivity (Wildman–Crippen MR) is 81.4 cm³/mol. The quantitative estimate of drug-likeness (QED) is 0.468. The third-order valence-electron chi connectivity index (χ3n) is 11.8. The van der Waals surface area contributed by atoms with E-state index in [1.54, 1.807) is 25.7 Å². The highest BCUT2D eigenvalue weighted by atomic mass is 14.9. The monoisotopic (exact) mass is 286 g/mol. The number of rotatable bonds is 0. The van der Waals surface area contributed by atoms with Crippen LogP contribution in [-0.4, -0.2) is 0 Å². The third-order valence-corrected chi connectivity index (χ3v) is 11.8. The summed E-state index contributed by atoms with van der Waals surface area (Å²) in [4.78, 5) is 0. The second-order valence-electron chi connectivity index (χ2n) is 11.0. The molecule has 14 atom stereocenters. The lowest BCUT2D eigenvalue weighted by Gasteiger charge is -2.89. The Morgan fingerprint density at radius 3 is 1.23 bits per heavy atom. The van der Waals surface area contributed by atoms with Crippen LogP contribution in [0.25, 0.3) is 0 Å². The first-order valence-electron chi connectivity index (χ1n) is 10.4. The summed E-state index contributed by atoms with van der Waals surface area (Å²) in [7, 11) is 0. The standard InChI is InChI=1S/C22H22/c1-2-6-5(1)9-10(6)14-13(9)17-18(14)22-20-16-12-8-4-3-7(8)11(12)15(16)19(20)21(17)22/h5-10,13-16,19-22H,1-4H2. The molecule has 0 aromatic heterocycles. The molecule has 0 bridgehead atoms. The van der Waals surface area contributed by atoms with Gasteiger partial charge in [-0.15, -0.1) is 0 Å². The molecule has 6 fully saturated rings. The molecule has 0 saturated heterocycles. The van der Waals surface area contributed by atoms with Crippen LogP contribution in [0.4, 0.5) is 0 Å². The molecule has 0 nitrogen and oxygen atoms in total. The molecule has 0 radical (unpaired) electrons. The summed E-state index contributed by atoms with van der Waals surface area (Å²) in [6.07, 6.45) is 6.37. The Morgan fingerprint density at radius 2 is 0.818 bits per heavy atom. The lowest BCUT2D eigenvalue weighted by atomic mass is 9.14. The zero-order valence-electron chi connectivity index (χ0n) is 12.9. The van der Waals surface area contributed by atoms with Crippen LogP contribution in [0.15, 0.2) is 22.3 Å². The van der Waals surface area contributed by atoms with Crippen LogP contribution < -0.4 is 0 Å². The van der Waals surface area contributed by atoms with Gasteiger partial charge < -0.3 is 0 Å². The third kappa shape index (κ3) is 0.555. The van der Waals surface area contributed by atoms with Crippen molar-refractivity contribution in [2.45, 2.75) is 25.7 Å². The highest BCUT2D eigenvalue weighted by molar-refractivity contribution is 5.63. The molecule has 10 rings (SSSR count). The number of hydrogen-bond acceptors (Lipinski definition) is 0. The zero-order chi connectivity index (χ0) is 13.2. The second kappa shape index (κ2) is 2.35. The van der Waals surface area contributed by atoms with E-state index in [4.69, 9.17) is 0 Å².